The van der Waals surface area contributed by atoms with Crippen LogP contribution in [0.3, 0.4) is 0 Å². The number of hydrogen-bond acceptors (Lipinski definition) is 4. The van der Waals surface area contributed by atoms with Crippen molar-refractivity contribution in [1.29, 1.82) is 0 Å². The quantitative estimate of drug-likeness (QED) is 0.400. The number of carboxylic acids is 1. The van der Waals surface area contributed by atoms with E-state index in [1.54, 1.807) is 0 Å². The molecule has 2 fully saturated rings. The lowest BCUT2D eigenvalue weighted by Crippen LogP contribution is -2.31. The molecule has 2 aliphatic rings. The van der Waals surface area contributed by atoms with E-state index in [1.165, 1.54) is 0 Å². The number of ether oxygens (including phenoxy) is 2. The van der Waals surface area contributed by atoms with Crippen LogP contribution in [0.15, 0.2) is 12.2 Å². The minimum Gasteiger partial charge on any atom is -0.481 e. The number of rotatable bonds is 9. The summed E-state index contributed by atoms with van der Waals surface area (Å²) >= 11 is 0. The van der Waals surface area contributed by atoms with Gasteiger partial charge in [0.15, 0.2) is 6.29 Å². The largest absolute Gasteiger partial charge is 0.481 e. The van der Waals surface area contributed by atoms with Crippen molar-refractivity contribution in [2.24, 2.45) is 11.8 Å². The van der Waals surface area contributed by atoms with Crippen molar-refractivity contribution in [2.75, 3.05) is 6.61 Å². The molecule has 0 aromatic rings. The van der Waals surface area contributed by atoms with Crippen molar-refractivity contribution in [3.63, 3.8) is 0 Å². The number of aliphatic carboxylic acids is 1. The van der Waals surface area contributed by atoms with Crippen LogP contribution in [0.2, 0.25) is 0 Å². The molecule has 0 bridgehead atoms. The minimum atomic E-state index is -0.754. The molecule has 5 heteroatoms. The fourth-order valence-corrected chi connectivity index (χ4v) is 3.48. The number of hydrogen-bond donors (Lipinski definition) is 1. The lowest BCUT2D eigenvalue weighted by Gasteiger charge is -2.29. The summed E-state index contributed by atoms with van der Waals surface area (Å²) in [4.78, 5) is 21.8. The Kier molecular flexibility index (Phi) is 7.76. The van der Waals surface area contributed by atoms with Crippen LogP contribution in [0.25, 0.3) is 0 Å². The molecule has 0 aromatic heterocycles. The van der Waals surface area contributed by atoms with Crippen LogP contribution < -0.4 is 0 Å². The molecule has 4 atom stereocenters. The van der Waals surface area contributed by atoms with Crippen molar-refractivity contribution >= 4 is 12.3 Å². The van der Waals surface area contributed by atoms with E-state index < -0.39 is 5.97 Å². The molecule has 130 valence electrons. The van der Waals surface area contributed by atoms with Gasteiger partial charge in [-0.1, -0.05) is 12.2 Å². The summed E-state index contributed by atoms with van der Waals surface area (Å²) in [7, 11) is 0. The first-order valence-corrected chi connectivity index (χ1v) is 8.80. The fraction of sp³-hybridized carbons (Fsp3) is 0.778. The van der Waals surface area contributed by atoms with Gasteiger partial charge in [-0.05, 0) is 57.3 Å². The number of carboxylic acid groups (broad SMARTS) is 1. The van der Waals surface area contributed by atoms with Crippen LogP contribution in [0.5, 0.6) is 0 Å². The van der Waals surface area contributed by atoms with Gasteiger partial charge in [0.1, 0.15) is 6.29 Å². The maximum Gasteiger partial charge on any atom is 0.303 e. The average molecular weight is 324 g/mol. The molecule has 1 aliphatic carbocycles. The van der Waals surface area contributed by atoms with Crippen LogP contribution in [-0.4, -0.2) is 36.4 Å². The van der Waals surface area contributed by atoms with E-state index >= 15 is 0 Å². The zero-order chi connectivity index (χ0) is 16.5. The summed E-state index contributed by atoms with van der Waals surface area (Å²) in [6, 6.07) is 0. The highest BCUT2D eigenvalue weighted by molar-refractivity contribution is 5.66. The van der Waals surface area contributed by atoms with Gasteiger partial charge in [0, 0.05) is 18.9 Å². The molecule has 0 amide bonds. The van der Waals surface area contributed by atoms with Gasteiger partial charge in [-0.2, -0.15) is 0 Å². The van der Waals surface area contributed by atoms with E-state index in [-0.39, 0.29) is 30.7 Å². The lowest BCUT2D eigenvalue weighted by atomic mass is 9.92. The molecule has 0 spiro atoms. The van der Waals surface area contributed by atoms with E-state index in [9.17, 15) is 9.59 Å². The molecule has 4 unspecified atom stereocenters. The summed E-state index contributed by atoms with van der Waals surface area (Å²) < 4.78 is 11.8. The summed E-state index contributed by atoms with van der Waals surface area (Å²) in [6.45, 7) is 0.767. The van der Waals surface area contributed by atoms with E-state index in [1.807, 2.05) is 6.08 Å². The molecule has 2 rings (SSSR count). The Morgan fingerprint density at radius 2 is 2.09 bits per heavy atom. The third kappa shape index (κ3) is 6.07. The maximum atomic E-state index is 11.3. The van der Waals surface area contributed by atoms with Gasteiger partial charge in [-0.15, -0.1) is 0 Å². The van der Waals surface area contributed by atoms with E-state index in [0.717, 1.165) is 57.8 Å². The van der Waals surface area contributed by atoms with Gasteiger partial charge in [-0.25, -0.2) is 0 Å². The smallest absolute Gasteiger partial charge is 0.303 e. The maximum absolute atomic E-state index is 11.3. The number of aldehydes is 1. The minimum absolute atomic E-state index is 0.0623. The molecule has 1 saturated heterocycles. The van der Waals surface area contributed by atoms with Crippen LogP contribution in [0.1, 0.15) is 57.8 Å². The summed E-state index contributed by atoms with van der Waals surface area (Å²) in [5.41, 5.74) is 0. The molecular formula is C18H28O5. The van der Waals surface area contributed by atoms with Crippen LogP contribution in [-0.2, 0) is 19.1 Å². The average Bonchev–Trinajstić information content (AvgIpc) is 2.93. The first-order chi connectivity index (χ1) is 11.2. The third-order valence-electron chi connectivity index (χ3n) is 4.79. The second-order valence-electron chi connectivity index (χ2n) is 6.50. The highest BCUT2D eigenvalue weighted by Crippen LogP contribution is 2.37. The first-order valence-electron chi connectivity index (χ1n) is 8.80. The summed E-state index contributed by atoms with van der Waals surface area (Å²) in [5.74, 6) is -0.475. The molecule has 1 N–H and O–H groups in total. The normalized spacial score (nSPS) is 31.5. The van der Waals surface area contributed by atoms with Crippen molar-refractivity contribution in [2.45, 2.75) is 70.2 Å². The lowest BCUT2D eigenvalue weighted by molar-refractivity contribution is -0.195. The standard InChI is InChI=1S/C18H28O5/c19-13-14-10-11-16(23-18-9-5-6-12-22-18)15(14)7-3-1-2-4-8-17(20)21/h1,3,13-16,18H,2,4-12H2,(H,20,21). The van der Waals surface area contributed by atoms with Crippen LogP contribution in [0, 0.1) is 11.8 Å². The Balaban J connectivity index is 1.78. The number of carbonyl (C=O) groups excluding carboxylic acids is 1. The SMILES string of the molecule is O=CC1CCC(OC2CCCCO2)C1CC=CCCCC(=O)O. The topological polar surface area (TPSA) is 72.8 Å². The first kappa shape index (κ1) is 18.1. The van der Waals surface area contributed by atoms with Gasteiger partial charge in [0.05, 0.1) is 6.10 Å². The Hall–Kier alpha value is -1.20. The zero-order valence-electron chi connectivity index (χ0n) is 13.7. The van der Waals surface area contributed by atoms with Gasteiger partial charge < -0.3 is 19.4 Å². The summed E-state index contributed by atoms with van der Waals surface area (Å²) in [5, 5.41) is 8.61. The molecule has 0 radical (unpaired) electrons. The molecule has 1 aliphatic heterocycles. The molecule has 5 nitrogen and oxygen atoms in total. The Morgan fingerprint density at radius 3 is 2.78 bits per heavy atom. The van der Waals surface area contributed by atoms with Gasteiger partial charge >= 0.3 is 5.97 Å². The second kappa shape index (κ2) is 9.83. The number of unbranched alkanes of at least 4 members (excludes halogenated alkanes) is 1. The van der Waals surface area contributed by atoms with E-state index in [4.69, 9.17) is 14.6 Å². The number of allylic oxidation sites excluding steroid dienone is 2. The Bertz CT molecular complexity index is 400. The molecular weight excluding hydrogens is 296 g/mol. The third-order valence-corrected chi connectivity index (χ3v) is 4.79. The van der Waals surface area contributed by atoms with Crippen molar-refractivity contribution in [1.82, 2.24) is 0 Å². The number of carbonyl (C=O) groups is 2. The van der Waals surface area contributed by atoms with E-state index in [2.05, 4.69) is 6.08 Å². The predicted octanol–water partition coefficient (Wildman–Crippen LogP) is 3.32. The Labute approximate surface area is 138 Å². The van der Waals surface area contributed by atoms with Crippen molar-refractivity contribution < 1.29 is 24.2 Å². The van der Waals surface area contributed by atoms with Gasteiger partial charge in [-0.3, -0.25) is 4.79 Å². The summed E-state index contributed by atoms with van der Waals surface area (Å²) in [6.07, 6.45) is 12.6. The molecule has 23 heavy (non-hydrogen) atoms. The monoisotopic (exact) mass is 324 g/mol. The Morgan fingerprint density at radius 1 is 1.22 bits per heavy atom. The second-order valence-corrected chi connectivity index (χ2v) is 6.50. The van der Waals surface area contributed by atoms with Gasteiger partial charge in [0.25, 0.3) is 0 Å². The fourth-order valence-electron chi connectivity index (χ4n) is 3.48. The van der Waals surface area contributed by atoms with Crippen LogP contribution >= 0.6 is 0 Å². The molecule has 1 heterocycles. The highest BCUT2D eigenvalue weighted by atomic mass is 16.7. The van der Waals surface area contributed by atoms with E-state index in [0.29, 0.717) is 6.42 Å². The van der Waals surface area contributed by atoms with Crippen molar-refractivity contribution in [3.05, 3.63) is 12.2 Å². The predicted molar refractivity (Wildman–Crippen MR) is 86.0 cm³/mol. The highest BCUT2D eigenvalue weighted by Gasteiger charge is 2.37. The van der Waals surface area contributed by atoms with Crippen LogP contribution in [0.4, 0.5) is 0 Å². The van der Waals surface area contributed by atoms with Gasteiger partial charge in [0.2, 0.25) is 0 Å². The molecule has 0 aromatic carbocycles. The molecule has 1 saturated carbocycles. The zero-order valence-corrected chi connectivity index (χ0v) is 13.7. The van der Waals surface area contributed by atoms with Crippen molar-refractivity contribution in [3.8, 4) is 0 Å².